The van der Waals surface area contributed by atoms with E-state index in [1.54, 1.807) is 22.6 Å². The maximum Gasteiger partial charge on any atom is 0.255 e. The lowest BCUT2D eigenvalue weighted by Gasteiger charge is -2.29. The normalized spacial score (nSPS) is 19.6. The van der Waals surface area contributed by atoms with Crippen LogP contribution in [0.5, 0.6) is 0 Å². The van der Waals surface area contributed by atoms with Gasteiger partial charge in [0.05, 0.1) is 5.69 Å². The molecule has 5 heterocycles. The molecule has 1 saturated heterocycles. The van der Waals surface area contributed by atoms with Gasteiger partial charge < -0.3 is 4.90 Å². The Hall–Kier alpha value is -4.21. The molecule has 4 aromatic rings. The van der Waals surface area contributed by atoms with Crippen molar-refractivity contribution in [2.75, 3.05) is 13.1 Å². The number of nitrogens with zero attached hydrogens (tertiary/aromatic N) is 4. The van der Waals surface area contributed by atoms with Crippen molar-refractivity contribution < 1.29 is 14.4 Å². The van der Waals surface area contributed by atoms with Crippen LogP contribution in [0.3, 0.4) is 0 Å². The number of imide groups is 1. The van der Waals surface area contributed by atoms with Gasteiger partial charge in [-0.3, -0.25) is 24.6 Å². The van der Waals surface area contributed by atoms with Gasteiger partial charge in [-0.1, -0.05) is 48.5 Å². The highest BCUT2D eigenvalue weighted by molar-refractivity contribution is 7.17. The van der Waals surface area contributed by atoms with Gasteiger partial charge in [0.2, 0.25) is 11.8 Å². The van der Waals surface area contributed by atoms with Crippen molar-refractivity contribution in [2.45, 2.75) is 38.4 Å². The first kappa shape index (κ1) is 24.8. The molecule has 0 bridgehead atoms. The highest BCUT2D eigenvalue weighted by Crippen LogP contribution is 2.38. The van der Waals surface area contributed by atoms with E-state index in [1.165, 1.54) is 16.7 Å². The van der Waals surface area contributed by atoms with E-state index in [2.05, 4.69) is 57.0 Å². The molecule has 9 heteroatoms. The molecule has 1 atom stereocenters. The number of fused-ring (bicyclic) bond motifs is 2. The van der Waals surface area contributed by atoms with Gasteiger partial charge in [-0.15, -0.1) is 11.3 Å². The van der Waals surface area contributed by atoms with Crippen LogP contribution < -0.4 is 5.32 Å². The Balaban J connectivity index is 1.07. The first-order valence-electron chi connectivity index (χ1n) is 13.5. The molecule has 3 aliphatic heterocycles. The summed E-state index contributed by atoms with van der Waals surface area (Å²) in [6, 6.07) is 15.8. The van der Waals surface area contributed by atoms with Gasteiger partial charge in [0.1, 0.15) is 17.2 Å². The average molecular weight is 550 g/mol. The summed E-state index contributed by atoms with van der Waals surface area (Å²) in [4.78, 5) is 51.2. The van der Waals surface area contributed by atoms with E-state index in [4.69, 9.17) is 4.98 Å². The molecule has 1 unspecified atom stereocenters. The van der Waals surface area contributed by atoms with E-state index in [1.807, 2.05) is 18.2 Å². The first-order valence-corrected chi connectivity index (χ1v) is 14.4. The maximum absolute atomic E-state index is 13.0. The van der Waals surface area contributed by atoms with Crippen LogP contribution in [0.1, 0.15) is 46.4 Å². The number of aromatic nitrogens is 2. The Kier molecular flexibility index (Phi) is 6.25. The molecule has 2 aromatic heterocycles. The molecule has 200 valence electrons. The number of thiophene rings is 1. The van der Waals surface area contributed by atoms with Gasteiger partial charge >= 0.3 is 0 Å². The summed E-state index contributed by atoms with van der Waals surface area (Å²) < 4.78 is 0. The van der Waals surface area contributed by atoms with Gasteiger partial charge in [-0.2, -0.15) is 0 Å². The molecular weight excluding hydrogens is 522 g/mol. The average Bonchev–Trinajstić information content (AvgIpc) is 3.55. The lowest BCUT2D eigenvalue weighted by molar-refractivity contribution is -0.136. The molecule has 0 saturated carbocycles. The van der Waals surface area contributed by atoms with E-state index >= 15 is 0 Å². The molecule has 40 heavy (non-hydrogen) atoms. The van der Waals surface area contributed by atoms with Crippen LogP contribution in [0, 0.1) is 0 Å². The standard InChI is InChI=1S/C31H27N5O3S/c37-26-9-8-25(29(38)34-26)36-16-22-14-19(6-7-23(22)31(36)39)15-35-12-10-21(11-13-35)28-27-24(20-4-2-1-3-5-20)17-40-30(27)33-18-32-28/h1-7,10,14,17-18,25H,8-9,11-13,15-16H2,(H,34,37,38). The number of hydrogen-bond acceptors (Lipinski definition) is 7. The lowest BCUT2D eigenvalue weighted by Crippen LogP contribution is -2.52. The number of carbonyl (C=O) groups is 3. The van der Waals surface area contributed by atoms with E-state index in [0.717, 1.165) is 53.1 Å². The predicted octanol–water partition coefficient (Wildman–Crippen LogP) is 4.41. The van der Waals surface area contributed by atoms with Crippen LogP contribution in [-0.2, 0) is 22.7 Å². The Morgan fingerprint density at radius 3 is 2.67 bits per heavy atom. The SMILES string of the molecule is O=C1CCC(N2Cc3cc(CN4CC=C(c5ncnc6scc(-c7ccccc7)c56)CC4)ccc3C2=O)C(=O)N1. The molecule has 0 aliphatic carbocycles. The highest BCUT2D eigenvalue weighted by atomic mass is 32.1. The number of benzene rings is 2. The van der Waals surface area contributed by atoms with Gasteiger partial charge in [0, 0.05) is 54.5 Å². The first-order chi connectivity index (χ1) is 19.5. The van der Waals surface area contributed by atoms with Crippen molar-refractivity contribution >= 4 is 44.8 Å². The molecule has 1 N–H and O–H groups in total. The summed E-state index contributed by atoms with van der Waals surface area (Å²) in [5, 5.41) is 5.66. The third-order valence-corrected chi connectivity index (χ3v) is 8.93. The monoisotopic (exact) mass is 549 g/mol. The van der Waals surface area contributed by atoms with E-state index < -0.39 is 6.04 Å². The molecule has 3 aliphatic rings. The zero-order chi connectivity index (χ0) is 27.2. The summed E-state index contributed by atoms with van der Waals surface area (Å²) >= 11 is 1.66. The molecule has 3 amide bonds. The second kappa shape index (κ2) is 10.1. The van der Waals surface area contributed by atoms with Crippen molar-refractivity contribution in [2.24, 2.45) is 0 Å². The third-order valence-electron chi connectivity index (χ3n) is 8.05. The quantitative estimate of drug-likeness (QED) is 0.371. The summed E-state index contributed by atoms with van der Waals surface area (Å²) in [6.45, 7) is 2.88. The minimum absolute atomic E-state index is 0.138. The van der Waals surface area contributed by atoms with Crippen molar-refractivity contribution in [1.29, 1.82) is 0 Å². The zero-order valence-corrected chi connectivity index (χ0v) is 22.6. The molecule has 8 nitrogen and oxygen atoms in total. The molecule has 7 rings (SSSR count). The van der Waals surface area contributed by atoms with Crippen LogP contribution in [0.2, 0.25) is 0 Å². The van der Waals surface area contributed by atoms with Gasteiger partial charge in [0.15, 0.2) is 0 Å². The highest BCUT2D eigenvalue weighted by Gasteiger charge is 2.39. The van der Waals surface area contributed by atoms with Crippen molar-refractivity contribution in [1.82, 2.24) is 25.1 Å². The molecule has 2 aromatic carbocycles. The topological polar surface area (TPSA) is 95.5 Å². The minimum atomic E-state index is -0.592. The molecule has 0 spiro atoms. The Morgan fingerprint density at radius 1 is 1.00 bits per heavy atom. The molecule has 1 fully saturated rings. The number of rotatable bonds is 5. The summed E-state index contributed by atoms with van der Waals surface area (Å²) in [7, 11) is 0. The summed E-state index contributed by atoms with van der Waals surface area (Å²) in [5.74, 6) is -0.795. The molecular formula is C31H27N5O3S. The van der Waals surface area contributed by atoms with Crippen LogP contribution in [0.4, 0.5) is 0 Å². The van der Waals surface area contributed by atoms with E-state index in [-0.39, 0.29) is 24.1 Å². The largest absolute Gasteiger partial charge is 0.322 e. The van der Waals surface area contributed by atoms with Crippen LogP contribution >= 0.6 is 11.3 Å². The van der Waals surface area contributed by atoms with Crippen LogP contribution in [0.25, 0.3) is 26.9 Å². The van der Waals surface area contributed by atoms with E-state index in [9.17, 15) is 14.4 Å². The number of piperidine rings is 1. The van der Waals surface area contributed by atoms with Crippen molar-refractivity contribution in [3.05, 3.63) is 88.7 Å². The second-order valence-corrected chi connectivity index (χ2v) is 11.4. The number of nitrogens with one attached hydrogen (secondary N) is 1. The lowest BCUT2D eigenvalue weighted by atomic mass is 9.97. The second-order valence-electron chi connectivity index (χ2n) is 10.5. The Labute approximate surface area is 235 Å². The fourth-order valence-corrected chi connectivity index (χ4v) is 6.92. The van der Waals surface area contributed by atoms with Gasteiger partial charge in [0.25, 0.3) is 5.91 Å². The van der Waals surface area contributed by atoms with Gasteiger partial charge in [-0.25, -0.2) is 9.97 Å². The van der Waals surface area contributed by atoms with Crippen LogP contribution in [0.15, 0.2) is 66.3 Å². The van der Waals surface area contributed by atoms with E-state index in [0.29, 0.717) is 18.5 Å². The fraction of sp³-hybridized carbons (Fsp3) is 0.258. The van der Waals surface area contributed by atoms with Crippen LogP contribution in [-0.4, -0.2) is 56.6 Å². The third kappa shape index (κ3) is 4.41. The van der Waals surface area contributed by atoms with Gasteiger partial charge in [-0.05, 0) is 41.2 Å². The summed E-state index contributed by atoms with van der Waals surface area (Å²) in [5.41, 5.74) is 7.35. The smallest absolute Gasteiger partial charge is 0.255 e. The molecule has 0 radical (unpaired) electrons. The number of hydrogen-bond donors (Lipinski definition) is 1. The maximum atomic E-state index is 13.0. The van der Waals surface area contributed by atoms with Crippen molar-refractivity contribution in [3.63, 3.8) is 0 Å². The predicted molar refractivity (Wildman–Crippen MR) is 153 cm³/mol. The van der Waals surface area contributed by atoms with Crippen molar-refractivity contribution in [3.8, 4) is 11.1 Å². The Morgan fingerprint density at radius 2 is 1.88 bits per heavy atom. The Bertz CT molecular complexity index is 1700. The summed E-state index contributed by atoms with van der Waals surface area (Å²) in [6.07, 6.45) is 5.46. The number of carbonyl (C=O) groups excluding carboxylic acids is 3. The minimum Gasteiger partial charge on any atom is -0.322 e. The zero-order valence-electron chi connectivity index (χ0n) is 21.8. The number of amides is 3. The fourth-order valence-electron chi connectivity index (χ4n) is 6.00.